The number of aliphatic hydroxyl groups is 2. The van der Waals surface area contributed by atoms with E-state index >= 15 is 0 Å². The van der Waals surface area contributed by atoms with Crippen molar-refractivity contribution >= 4 is 147 Å². The van der Waals surface area contributed by atoms with Gasteiger partial charge < -0.3 is 117 Å². The number of aromatic carboxylic acids is 1. The Kier molecular flexibility index (Phi) is 51.4. The number of benzene rings is 1. The van der Waals surface area contributed by atoms with Gasteiger partial charge in [-0.15, -0.1) is 12.6 Å². The van der Waals surface area contributed by atoms with Crippen molar-refractivity contribution in [1.82, 2.24) is 0 Å². The number of methoxy groups -OCH3 is 6. The molecule has 3 aliphatic carbocycles. The summed E-state index contributed by atoms with van der Waals surface area (Å²) in [7, 11) is 8.37. The van der Waals surface area contributed by atoms with Crippen LogP contribution >= 0.6 is 50.5 Å². The van der Waals surface area contributed by atoms with Crippen LogP contribution in [0.4, 0.5) is 0 Å². The molecule has 3 saturated carbocycles. The number of carboxylic acid groups (broad SMARTS) is 8. The zero-order valence-electron chi connectivity index (χ0n) is 61.7. The number of hydrogen-bond acceptors (Lipinski definition) is 36. The first kappa shape index (κ1) is 104. The first-order valence-corrected chi connectivity index (χ1v) is 35.0. The van der Waals surface area contributed by atoms with Gasteiger partial charge in [-0.05, 0) is 66.2 Å². The average molecular weight is 1660 g/mol. The third-order valence-electron chi connectivity index (χ3n) is 15.6. The van der Waals surface area contributed by atoms with Crippen molar-refractivity contribution in [2.24, 2.45) is 71.0 Å². The minimum absolute atomic E-state index is 0.0634. The molecule has 0 spiro atoms. The molecule has 0 amide bonds. The number of aliphatic carboxylic acids is 7. The smallest absolute Gasteiger partial charge is 0.335 e. The fourth-order valence-electron chi connectivity index (χ4n) is 10.8. The van der Waals surface area contributed by atoms with Gasteiger partial charge in [-0.1, -0.05) is 6.07 Å². The summed E-state index contributed by atoms with van der Waals surface area (Å²) in [6.07, 6.45) is -6.09. The van der Waals surface area contributed by atoms with Gasteiger partial charge in [-0.25, -0.2) is 4.79 Å². The number of rotatable bonds is 41. The van der Waals surface area contributed by atoms with Gasteiger partial charge in [0.05, 0.1) is 140 Å². The third-order valence-corrected chi connectivity index (χ3v) is 17.5. The second-order valence-electron chi connectivity index (χ2n) is 24.3. The summed E-state index contributed by atoms with van der Waals surface area (Å²) in [5.41, 5.74) is -0.679. The molecule has 3 fully saturated rings. The Morgan fingerprint density at radius 2 is 0.700 bits per heavy atom. The van der Waals surface area contributed by atoms with Gasteiger partial charge in [0.1, 0.15) is 42.4 Å². The lowest BCUT2D eigenvalue weighted by Crippen LogP contribution is -2.61. The zero-order chi connectivity index (χ0) is 85.2. The molecule has 3 aliphatic rings. The molecule has 0 bridgehead atoms. The molecule has 4 rings (SSSR count). The average Bonchev–Trinajstić information content (AvgIpc) is 0.974. The van der Waals surface area contributed by atoms with Crippen LogP contribution in [-0.2, 0) is 133 Å². The zero-order valence-corrected chi connectivity index (χ0v) is 65.3. The van der Waals surface area contributed by atoms with E-state index in [4.69, 9.17) is 77.3 Å². The fraction of sp³-hybridized carbons (Fsp3) is 0.667. The number of carbonyl (C=O) groups excluding carboxylic acids is 8. The van der Waals surface area contributed by atoms with E-state index in [1.165, 1.54) is 102 Å². The second kappa shape index (κ2) is 54.5. The molecule has 10 N–H and O–H groups in total. The number of carboxylic acids is 8. The van der Waals surface area contributed by atoms with E-state index in [9.17, 15) is 107 Å². The Hall–Kier alpha value is -8.18. The summed E-state index contributed by atoms with van der Waals surface area (Å²) in [6.45, 7) is 10.1. The number of hydrogen-bond donors (Lipinski definition) is 14. The van der Waals surface area contributed by atoms with Gasteiger partial charge in [0, 0.05) is 54.2 Å². The summed E-state index contributed by atoms with van der Waals surface area (Å²) >= 11 is 15.2. The van der Waals surface area contributed by atoms with E-state index in [-0.39, 0.29) is 88.2 Å². The van der Waals surface area contributed by atoms with Crippen LogP contribution in [0.5, 0.6) is 5.75 Å². The third kappa shape index (κ3) is 35.5. The van der Waals surface area contributed by atoms with Crippen molar-refractivity contribution in [3.63, 3.8) is 0 Å². The molecule has 0 radical (unpaired) electrons. The quantitative estimate of drug-likeness (QED) is 0.0139. The SMILES string of the molecule is COCC(C)OC(=O)C1C(C(=O)O)C(C(=O)O)C1C(=O)OC(C)COC.COCC(C)OC(=O)C1C(C(=O)O)C(C(=O)OC(C)COC)C1C(=O)O.COCC(C)OC(=O)C1CC(C(=O)O)C(C(=O)OC(C)COC)C1C(=O)O.O=COC(S)C(S)CC(=O)O.O=COc1cccc(C(=O)O)c1.OC(CS)C(O)CS. The number of aliphatic hydroxyl groups excluding tert-OH is 2. The Morgan fingerprint density at radius 3 is 0.955 bits per heavy atom. The van der Waals surface area contributed by atoms with E-state index in [2.05, 4.69) is 60.0 Å². The highest BCUT2D eigenvalue weighted by molar-refractivity contribution is 7.85. The molecule has 18 atom stereocenters. The van der Waals surface area contributed by atoms with Crippen LogP contribution in [0.2, 0.25) is 0 Å². The Balaban J connectivity index is 0. The molecule has 40 nitrogen and oxygen atoms in total. The van der Waals surface area contributed by atoms with E-state index in [0.29, 0.717) is 0 Å². The second-order valence-corrected chi connectivity index (χ2v) is 26.2. The fourth-order valence-corrected chi connectivity index (χ4v) is 11.7. The lowest BCUT2D eigenvalue weighted by molar-refractivity contribution is -0.200. The lowest BCUT2D eigenvalue weighted by Gasteiger charge is -2.44. The number of carbonyl (C=O) groups is 16. The number of thiol groups is 4. The summed E-state index contributed by atoms with van der Waals surface area (Å²) in [4.78, 5) is 184. The molecule has 1 aromatic rings. The van der Waals surface area contributed by atoms with Gasteiger partial charge >= 0.3 is 83.6 Å². The number of ether oxygens (including phenoxy) is 14. The van der Waals surface area contributed by atoms with E-state index in [1.54, 1.807) is 6.92 Å². The molecule has 0 aliphatic heterocycles. The molecule has 18 unspecified atom stereocenters. The van der Waals surface area contributed by atoms with Gasteiger partial charge in [-0.3, -0.25) is 71.9 Å². The van der Waals surface area contributed by atoms with Crippen LogP contribution in [-0.4, -0.2) is 301 Å². The highest BCUT2D eigenvalue weighted by Crippen LogP contribution is 2.50. The van der Waals surface area contributed by atoms with Crippen LogP contribution in [0.15, 0.2) is 24.3 Å². The molecule has 0 heterocycles. The van der Waals surface area contributed by atoms with Crippen LogP contribution in [0, 0.1) is 71.0 Å². The first-order valence-electron chi connectivity index (χ1n) is 32.7. The van der Waals surface area contributed by atoms with Gasteiger partial charge in [0.15, 0.2) is 5.44 Å². The summed E-state index contributed by atoms with van der Waals surface area (Å²) < 4.78 is 68.3. The predicted molar refractivity (Wildman–Crippen MR) is 382 cm³/mol. The maximum Gasteiger partial charge on any atom is 0.335 e. The molecule has 0 aromatic heterocycles. The molecular weight excluding hydrogens is 1560 g/mol. The highest BCUT2D eigenvalue weighted by atomic mass is 32.1. The van der Waals surface area contributed by atoms with Gasteiger partial charge in [-0.2, -0.15) is 37.9 Å². The summed E-state index contributed by atoms with van der Waals surface area (Å²) in [5, 5.41) is 90.1. The molecule has 44 heteroatoms. The van der Waals surface area contributed by atoms with Crippen LogP contribution in [0.25, 0.3) is 0 Å². The molecule has 0 saturated heterocycles. The Bertz CT molecular complexity index is 3030. The van der Waals surface area contributed by atoms with Crippen LogP contribution in [0.1, 0.15) is 64.7 Å². The van der Waals surface area contributed by atoms with E-state index in [1.807, 2.05) is 0 Å². The maximum absolute atomic E-state index is 12.5. The minimum Gasteiger partial charge on any atom is -0.481 e. The Labute approximate surface area is 652 Å². The topological polar surface area (TPSA) is 605 Å². The van der Waals surface area contributed by atoms with Crippen molar-refractivity contribution in [3.05, 3.63) is 29.8 Å². The van der Waals surface area contributed by atoms with Crippen molar-refractivity contribution in [1.29, 1.82) is 0 Å². The monoisotopic (exact) mass is 1660 g/mol. The largest absolute Gasteiger partial charge is 0.481 e. The van der Waals surface area contributed by atoms with Gasteiger partial charge in [0.25, 0.3) is 12.9 Å². The maximum atomic E-state index is 12.5. The van der Waals surface area contributed by atoms with Crippen molar-refractivity contribution in [3.8, 4) is 5.75 Å². The summed E-state index contributed by atoms with van der Waals surface area (Å²) in [6, 6.07) is 5.69. The molecule has 1 aromatic carbocycles. The van der Waals surface area contributed by atoms with Crippen molar-refractivity contribution in [2.45, 2.75) is 114 Å². The predicted octanol–water partition coefficient (Wildman–Crippen LogP) is 0.437. The van der Waals surface area contributed by atoms with Crippen LogP contribution in [0.3, 0.4) is 0 Å². The standard InChI is InChI=1S/C17H26O10.2C16H24O10.C8H6O4.C5H8O4S2.C4H10O2S2/c1-8(6-24-3)26-16(22)11-5-10(14(18)19)13(12(11)15(20)21)17(23)27-9(2)7-25-4;1-7(5-23-3)25-15(21)11-9(13(17)18)12(10(11)14(19)20)16(22)26-8(2)6-24-4;1-7(5-23-3)25-15(21)11-9(13(17)18)10(14(19)20)12(11)16(22)26-8(2)6-24-4;9-5-12-7-3-1-2-6(4-7)8(10)11;6-2-9-5(11)3(10)1-4(7)8;5-3(1-7)4(6)2-8/h8-13H,5-7H2,1-4H3,(H,18,19)(H,20,21);2*7-12H,5-6H2,1-4H3,(H,17,18)(H,19,20);1-5H,(H,10,11);2-3,5,10-11H,1H2,(H,7,8);3-8H,1-2H2. The van der Waals surface area contributed by atoms with Gasteiger partial charge in [0.2, 0.25) is 0 Å². The Morgan fingerprint density at radius 1 is 0.409 bits per heavy atom. The van der Waals surface area contributed by atoms with Crippen LogP contribution < -0.4 is 4.74 Å². The number of esters is 6. The highest BCUT2D eigenvalue weighted by Gasteiger charge is 2.67. The van der Waals surface area contributed by atoms with E-state index in [0.717, 1.165) is 0 Å². The summed E-state index contributed by atoms with van der Waals surface area (Å²) in [5.74, 6) is -33.6. The van der Waals surface area contributed by atoms with E-state index < -0.39 is 214 Å². The molecular formula is C66H98O40S4. The first-order chi connectivity index (χ1) is 51.5. The normalized spacial score (nSPS) is 23.1. The minimum atomic E-state index is -1.58. The molecule has 110 heavy (non-hydrogen) atoms. The van der Waals surface area contributed by atoms with Crippen molar-refractivity contribution < 1.29 is 194 Å². The molecule has 626 valence electrons. The lowest BCUT2D eigenvalue weighted by atomic mass is 9.56. The van der Waals surface area contributed by atoms with Crippen molar-refractivity contribution in [2.75, 3.05) is 93.8 Å².